The molecule has 2 heteroatoms. The predicted octanol–water partition coefficient (Wildman–Crippen LogP) is 2.59. The quantitative estimate of drug-likeness (QED) is 0.772. The van der Waals surface area contributed by atoms with E-state index in [0.29, 0.717) is 6.42 Å². The number of ketones is 1. The Kier molecular flexibility index (Phi) is 3.28. The molecule has 0 N–H and O–H groups in total. The fraction of sp³-hybridized carbons (Fsp3) is 0.500. The maximum atomic E-state index is 10.9. The van der Waals surface area contributed by atoms with Crippen LogP contribution in [-0.2, 0) is 17.6 Å². The van der Waals surface area contributed by atoms with Crippen molar-refractivity contribution >= 4 is 11.5 Å². The first-order valence-electron chi connectivity index (χ1n) is 6.07. The molecular weight excluding hydrogens is 198 g/mol. The van der Waals surface area contributed by atoms with Crippen LogP contribution >= 0.6 is 0 Å². The number of Topliss-reactive ketones (excluding diaryl/α,β-unsaturated/α-hetero) is 1. The summed E-state index contributed by atoms with van der Waals surface area (Å²) in [5, 5.41) is 0. The Labute approximate surface area is 97.3 Å². The first kappa shape index (κ1) is 11.2. The Hall–Kier alpha value is -1.31. The van der Waals surface area contributed by atoms with Crippen LogP contribution in [0, 0.1) is 0 Å². The number of fused-ring (bicyclic) bond motifs is 1. The highest BCUT2D eigenvalue weighted by atomic mass is 16.1. The molecule has 0 aromatic heterocycles. The summed E-state index contributed by atoms with van der Waals surface area (Å²) in [4.78, 5) is 13.3. The lowest BCUT2D eigenvalue weighted by molar-refractivity contribution is -0.116. The fourth-order valence-electron chi connectivity index (χ4n) is 2.33. The van der Waals surface area contributed by atoms with Gasteiger partial charge in [-0.2, -0.15) is 0 Å². The SMILES string of the molecule is CCN1CCc2cc(CCC(C)=O)ccc21. The van der Waals surface area contributed by atoms with Gasteiger partial charge < -0.3 is 9.69 Å². The summed E-state index contributed by atoms with van der Waals surface area (Å²) < 4.78 is 0. The standard InChI is InChI=1S/C14H19NO/c1-3-15-9-8-13-10-12(5-4-11(2)16)6-7-14(13)15/h6-7,10H,3-5,8-9H2,1-2H3. The summed E-state index contributed by atoms with van der Waals surface area (Å²) in [6.07, 6.45) is 2.70. The van der Waals surface area contributed by atoms with E-state index in [1.54, 1.807) is 6.92 Å². The summed E-state index contributed by atoms with van der Waals surface area (Å²) in [7, 11) is 0. The lowest BCUT2D eigenvalue weighted by atomic mass is 10.0. The van der Waals surface area contributed by atoms with Crippen molar-refractivity contribution in [3.63, 3.8) is 0 Å². The Morgan fingerprint density at radius 1 is 1.44 bits per heavy atom. The Morgan fingerprint density at radius 3 is 2.94 bits per heavy atom. The number of carbonyl (C=O) groups excluding carboxylic acids is 1. The predicted molar refractivity (Wildman–Crippen MR) is 67.0 cm³/mol. The summed E-state index contributed by atoms with van der Waals surface area (Å²) in [6, 6.07) is 6.64. The number of aryl methyl sites for hydroxylation is 1. The number of benzene rings is 1. The molecule has 0 bridgehead atoms. The molecule has 1 aliphatic rings. The van der Waals surface area contributed by atoms with Crippen LogP contribution in [0.1, 0.15) is 31.4 Å². The summed E-state index contributed by atoms with van der Waals surface area (Å²) >= 11 is 0. The molecule has 86 valence electrons. The van der Waals surface area contributed by atoms with E-state index in [2.05, 4.69) is 30.0 Å². The van der Waals surface area contributed by atoms with E-state index in [1.165, 1.54) is 16.8 Å². The van der Waals surface area contributed by atoms with Gasteiger partial charge in [-0.3, -0.25) is 0 Å². The monoisotopic (exact) mass is 217 g/mol. The van der Waals surface area contributed by atoms with Gasteiger partial charge in [0, 0.05) is 25.2 Å². The molecule has 0 amide bonds. The van der Waals surface area contributed by atoms with Crippen molar-refractivity contribution in [3.05, 3.63) is 29.3 Å². The van der Waals surface area contributed by atoms with Gasteiger partial charge in [-0.1, -0.05) is 12.1 Å². The molecule has 0 fully saturated rings. The summed E-state index contributed by atoms with van der Waals surface area (Å²) in [6.45, 7) is 6.08. The van der Waals surface area contributed by atoms with E-state index in [-0.39, 0.29) is 5.78 Å². The fourth-order valence-corrected chi connectivity index (χ4v) is 2.33. The van der Waals surface area contributed by atoms with Crippen LogP contribution in [0.15, 0.2) is 18.2 Å². The molecule has 0 unspecified atom stereocenters. The Bertz CT molecular complexity index is 398. The van der Waals surface area contributed by atoms with E-state index < -0.39 is 0 Å². The minimum Gasteiger partial charge on any atom is -0.371 e. The number of hydrogen-bond donors (Lipinski definition) is 0. The lowest BCUT2D eigenvalue weighted by Gasteiger charge is -2.16. The largest absolute Gasteiger partial charge is 0.371 e. The molecule has 0 saturated heterocycles. The van der Waals surface area contributed by atoms with Crippen molar-refractivity contribution in [2.24, 2.45) is 0 Å². The highest BCUT2D eigenvalue weighted by Gasteiger charge is 2.17. The average Bonchev–Trinajstić information content (AvgIpc) is 2.68. The molecule has 0 spiro atoms. The maximum Gasteiger partial charge on any atom is 0.130 e. The minimum atomic E-state index is 0.274. The third-order valence-electron chi connectivity index (χ3n) is 3.28. The van der Waals surface area contributed by atoms with Gasteiger partial charge >= 0.3 is 0 Å². The number of carbonyl (C=O) groups is 1. The van der Waals surface area contributed by atoms with Gasteiger partial charge in [0.2, 0.25) is 0 Å². The molecule has 0 radical (unpaired) electrons. The minimum absolute atomic E-state index is 0.274. The van der Waals surface area contributed by atoms with Crippen LogP contribution in [0.4, 0.5) is 5.69 Å². The van der Waals surface area contributed by atoms with E-state index in [1.807, 2.05) is 0 Å². The van der Waals surface area contributed by atoms with Gasteiger partial charge in [0.05, 0.1) is 0 Å². The molecule has 0 saturated carbocycles. The smallest absolute Gasteiger partial charge is 0.130 e. The van der Waals surface area contributed by atoms with Gasteiger partial charge in [-0.15, -0.1) is 0 Å². The van der Waals surface area contributed by atoms with Gasteiger partial charge in [-0.05, 0) is 43.9 Å². The van der Waals surface area contributed by atoms with Crippen LogP contribution in [0.3, 0.4) is 0 Å². The highest BCUT2D eigenvalue weighted by Crippen LogP contribution is 2.28. The molecular formula is C14H19NO. The van der Waals surface area contributed by atoms with E-state index in [4.69, 9.17) is 0 Å². The number of rotatable bonds is 4. The highest BCUT2D eigenvalue weighted by molar-refractivity contribution is 5.75. The van der Waals surface area contributed by atoms with Crippen molar-refractivity contribution in [1.82, 2.24) is 0 Å². The molecule has 0 atom stereocenters. The topological polar surface area (TPSA) is 20.3 Å². The van der Waals surface area contributed by atoms with Crippen LogP contribution in [-0.4, -0.2) is 18.9 Å². The Morgan fingerprint density at radius 2 is 2.25 bits per heavy atom. The lowest BCUT2D eigenvalue weighted by Crippen LogP contribution is -2.18. The maximum absolute atomic E-state index is 10.9. The zero-order valence-electron chi connectivity index (χ0n) is 10.1. The van der Waals surface area contributed by atoms with Gasteiger partial charge in [0.1, 0.15) is 5.78 Å². The first-order chi connectivity index (χ1) is 7.70. The zero-order chi connectivity index (χ0) is 11.5. The molecule has 16 heavy (non-hydrogen) atoms. The molecule has 1 aromatic rings. The molecule has 0 aliphatic carbocycles. The van der Waals surface area contributed by atoms with Crippen molar-refractivity contribution in [2.75, 3.05) is 18.0 Å². The second kappa shape index (κ2) is 4.69. The number of hydrogen-bond acceptors (Lipinski definition) is 2. The van der Waals surface area contributed by atoms with Crippen molar-refractivity contribution in [1.29, 1.82) is 0 Å². The molecule has 1 heterocycles. The van der Waals surface area contributed by atoms with E-state index in [0.717, 1.165) is 25.9 Å². The number of anilines is 1. The molecule has 2 nitrogen and oxygen atoms in total. The third kappa shape index (κ3) is 2.26. The number of nitrogens with zero attached hydrogens (tertiary/aromatic N) is 1. The first-order valence-corrected chi connectivity index (χ1v) is 6.07. The van der Waals surface area contributed by atoms with Crippen LogP contribution in [0.5, 0.6) is 0 Å². The third-order valence-corrected chi connectivity index (χ3v) is 3.28. The number of likely N-dealkylation sites (N-methyl/N-ethyl adjacent to an activating group) is 1. The van der Waals surface area contributed by atoms with Gasteiger partial charge in [-0.25, -0.2) is 0 Å². The second-order valence-corrected chi connectivity index (χ2v) is 4.49. The van der Waals surface area contributed by atoms with E-state index >= 15 is 0 Å². The van der Waals surface area contributed by atoms with Crippen LogP contribution < -0.4 is 4.90 Å². The summed E-state index contributed by atoms with van der Waals surface area (Å²) in [5.74, 6) is 0.274. The molecule has 1 aromatic carbocycles. The van der Waals surface area contributed by atoms with Crippen LogP contribution in [0.2, 0.25) is 0 Å². The van der Waals surface area contributed by atoms with Gasteiger partial charge in [0.15, 0.2) is 0 Å². The summed E-state index contributed by atoms with van der Waals surface area (Å²) in [5.41, 5.74) is 4.13. The van der Waals surface area contributed by atoms with Crippen molar-refractivity contribution in [2.45, 2.75) is 33.1 Å². The average molecular weight is 217 g/mol. The zero-order valence-corrected chi connectivity index (χ0v) is 10.1. The normalized spacial score (nSPS) is 14.0. The van der Waals surface area contributed by atoms with Gasteiger partial charge in [0.25, 0.3) is 0 Å². The molecule has 1 aliphatic heterocycles. The Balaban J connectivity index is 2.12. The van der Waals surface area contributed by atoms with Crippen molar-refractivity contribution < 1.29 is 4.79 Å². The van der Waals surface area contributed by atoms with Crippen LogP contribution in [0.25, 0.3) is 0 Å². The van der Waals surface area contributed by atoms with E-state index in [9.17, 15) is 4.79 Å². The molecule has 2 rings (SSSR count). The second-order valence-electron chi connectivity index (χ2n) is 4.49. The van der Waals surface area contributed by atoms with Crippen molar-refractivity contribution in [3.8, 4) is 0 Å².